The number of para-hydroxylation sites is 1. The summed E-state index contributed by atoms with van der Waals surface area (Å²) in [5, 5.41) is 0. The molecule has 1 aromatic carbocycles. The van der Waals surface area contributed by atoms with Crippen molar-refractivity contribution < 1.29 is 4.74 Å². The van der Waals surface area contributed by atoms with E-state index in [0.29, 0.717) is 6.73 Å². The van der Waals surface area contributed by atoms with Gasteiger partial charge in [-0.25, -0.2) is 0 Å². The lowest BCUT2D eigenvalue weighted by molar-refractivity contribution is 0.120. The monoisotopic (exact) mass is 269 g/mol. The number of piperazine rings is 1. The molecule has 0 atom stereocenters. The van der Waals surface area contributed by atoms with Crippen molar-refractivity contribution in [2.75, 3.05) is 37.8 Å². The summed E-state index contributed by atoms with van der Waals surface area (Å²) in [6.07, 6.45) is 3.69. The third kappa shape index (κ3) is 3.27. The first-order valence-corrected chi connectivity index (χ1v) is 6.97. The third-order valence-corrected chi connectivity index (χ3v) is 3.56. The summed E-state index contributed by atoms with van der Waals surface area (Å²) in [6.45, 7) is 4.77. The van der Waals surface area contributed by atoms with E-state index in [9.17, 15) is 0 Å². The predicted molar refractivity (Wildman–Crippen MR) is 80.0 cm³/mol. The zero-order chi connectivity index (χ0) is 13.6. The molecule has 104 valence electrons. The number of rotatable bonds is 4. The van der Waals surface area contributed by atoms with Crippen LogP contribution in [0.25, 0.3) is 0 Å². The van der Waals surface area contributed by atoms with Gasteiger partial charge in [0, 0.05) is 44.3 Å². The molecule has 1 aromatic heterocycles. The molecule has 0 spiro atoms. The third-order valence-electron chi connectivity index (χ3n) is 3.56. The highest BCUT2D eigenvalue weighted by Gasteiger charge is 2.17. The van der Waals surface area contributed by atoms with Crippen LogP contribution >= 0.6 is 0 Å². The number of benzene rings is 1. The first-order valence-electron chi connectivity index (χ1n) is 6.97. The Morgan fingerprint density at radius 1 is 0.900 bits per heavy atom. The lowest BCUT2D eigenvalue weighted by atomic mass is 10.3. The molecular weight excluding hydrogens is 250 g/mol. The number of anilines is 1. The Labute approximate surface area is 119 Å². The first kappa shape index (κ1) is 12.9. The van der Waals surface area contributed by atoms with Gasteiger partial charge in [-0.3, -0.25) is 9.88 Å². The van der Waals surface area contributed by atoms with Crippen molar-refractivity contribution in [1.82, 2.24) is 9.88 Å². The smallest absolute Gasteiger partial charge is 0.142 e. The fourth-order valence-corrected chi connectivity index (χ4v) is 2.37. The summed E-state index contributed by atoms with van der Waals surface area (Å²) in [6, 6.07) is 14.1. The van der Waals surface area contributed by atoms with Crippen molar-refractivity contribution in [3.8, 4) is 5.75 Å². The van der Waals surface area contributed by atoms with Gasteiger partial charge in [-0.2, -0.15) is 0 Å². The molecule has 1 aliphatic heterocycles. The summed E-state index contributed by atoms with van der Waals surface area (Å²) in [5.74, 6) is 0.934. The van der Waals surface area contributed by atoms with E-state index in [1.807, 2.05) is 42.7 Å². The van der Waals surface area contributed by atoms with Gasteiger partial charge in [-0.15, -0.1) is 0 Å². The van der Waals surface area contributed by atoms with E-state index < -0.39 is 0 Å². The van der Waals surface area contributed by atoms with Gasteiger partial charge in [0.25, 0.3) is 0 Å². The average molecular weight is 269 g/mol. The second kappa shape index (κ2) is 6.39. The second-order valence-corrected chi connectivity index (χ2v) is 4.90. The lowest BCUT2D eigenvalue weighted by Gasteiger charge is -2.35. The highest BCUT2D eigenvalue weighted by atomic mass is 16.5. The van der Waals surface area contributed by atoms with Gasteiger partial charge >= 0.3 is 0 Å². The summed E-state index contributed by atoms with van der Waals surface area (Å²) in [4.78, 5) is 8.79. The van der Waals surface area contributed by atoms with Crippen LogP contribution in [0.5, 0.6) is 5.75 Å². The van der Waals surface area contributed by atoms with Gasteiger partial charge < -0.3 is 9.64 Å². The van der Waals surface area contributed by atoms with Gasteiger partial charge in [0.1, 0.15) is 12.5 Å². The number of hydrogen-bond donors (Lipinski definition) is 0. The molecule has 20 heavy (non-hydrogen) atoms. The lowest BCUT2D eigenvalue weighted by Crippen LogP contribution is -2.47. The van der Waals surface area contributed by atoms with Crippen LogP contribution in [-0.4, -0.2) is 42.8 Å². The minimum absolute atomic E-state index is 0.661. The minimum Gasteiger partial charge on any atom is -0.478 e. The zero-order valence-corrected chi connectivity index (χ0v) is 11.5. The average Bonchev–Trinajstić information content (AvgIpc) is 2.55. The summed E-state index contributed by atoms with van der Waals surface area (Å²) in [7, 11) is 0. The fourth-order valence-electron chi connectivity index (χ4n) is 2.37. The van der Waals surface area contributed by atoms with Crippen LogP contribution in [0.2, 0.25) is 0 Å². The molecule has 0 aliphatic carbocycles. The molecule has 1 saturated heterocycles. The van der Waals surface area contributed by atoms with E-state index in [1.165, 1.54) is 5.69 Å². The van der Waals surface area contributed by atoms with Gasteiger partial charge in [-0.05, 0) is 24.3 Å². The Morgan fingerprint density at radius 2 is 1.60 bits per heavy atom. The van der Waals surface area contributed by atoms with E-state index in [0.717, 1.165) is 31.9 Å². The predicted octanol–water partition coefficient (Wildman–Crippen LogP) is 2.24. The highest BCUT2D eigenvalue weighted by molar-refractivity contribution is 5.44. The Hall–Kier alpha value is -2.07. The number of hydrogen-bond acceptors (Lipinski definition) is 4. The van der Waals surface area contributed by atoms with Crippen LogP contribution in [0.4, 0.5) is 5.69 Å². The van der Waals surface area contributed by atoms with E-state index in [2.05, 4.69) is 26.9 Å². The fraction of sp³-hybridized carbons (Fsp3) is 0.312. The van der Waals surface area contributed by atoms with Crippen LogP contribution in [-0.2, 0) is 0 Å². The van der Waals surface area contributed by atoms with Crippen molar-refractivity contribution >= 4 is 5.69 Å². The molecule has 1 fully saturated rings. The number of pyridine rings is 1. The molecule has 0 unspecified atom stereocenters. The molecule has 0 amide bonds. The molecule has 0 radical (unpaired) electrons. The maximum absolute atomic E-state index is 5.78. The van der Waals surface area contributed by atoms with Crippen molar-refractivity contribution in [2.24, 2.45) is 0 Å². The standard InChI is InChI=1S/C16H19N3O/c1-2-4-16(5-3-1)20-14-18-10-12-19(13-11-18)15-6-8-17-9-7-15/h1-9H,10-14H2. The van der Waals surface area contributed by atoms with E-state index in [-0.39, 0.29) is 0 Å². The van der Waals surface area contributed by atoms with Crippen LogP contribution in [0.1, 0.15) is 0 Å². The number of aromatic nitrogens is 1. The SMILES string of the molecule is c1ccc(OCN2CCN(c3ccncc3)CC2)cc1. The molecule has 0 N–H and O–H groups in total. The van der Waals surface area contributed by atoms with Gasteiger partial charge in [0.05, 0.1) is 0 Å². The van der Waals surface area contributed by atoms with Gasteiger partial charge in [0.2, 0.25) is 0 Å². The summed E-state index contributed by atoms with van der Waals surface area (Å²) < 4.78 is 5.78. The molecule has 2 aromatic rings. The highest BCUT2D eigenvalue weighted by Crippen LogP contribution is 2.15. The van der Waals surface area contributed by atoms with Crippen molar-refractivity contribution in [3.63, 3.8) is 0 Å². The van der Waals surface area contributed by atoms with Crippen LogP contribution in [0.15, 0.2) is 54.9 Å². The number of ether oxygens (including phenoxy) is 1. The van der Waals surface area contributed by atoms with E-state index in [1.54, 1.807) is 0 Å². The number of nitrogens with zero attached hydrogens (tertiary/aromatic N) is 3. The second-order valence-electron chi connectivity index (χ2n) is 4.90. The Kier molecular flexibility index (Phi) is 4.13. The minimum atomic E-state index is 0.661. The maximum atomic E-state index is 5.78. The van der Waals surface area contributed by atoms with Crippen molar-refractivity contribution in [3.05, 3.63) is 54.9 Å². The summed E-state index contributed by atoms with van der Waals surface area (Å²) in [5.41, 5.74) is 1.25. The van der Waals surface area contributed by atoms with Crippen LogP contribution in [0, 0.1) is 0 Å². The molecule has 0 bridgehead atoms. The van der Waals surface area contributed by atoms with E-state index in [4.69, 9.17) is 4.74 Å². The van der Waals surface area contributed by atoms with Crippen LogP contribution in [0.3, 0.4) is 0 Å². The molecular formula is C16H19N3O. The van der Waals surface area contributed by atoms with Crippen LogP contribution < -0.4 is 9.64 Å². The Morgan fingerprint density at radius 3 is 2.30 bits per heavy atom. The van der Waals surface area contributed by atoms with Gasteiger partial charge in [0.15, 0.2) is 0 Å². The maximum Gasteiger partial charge on any atom is 0.142 e. The quantitative estimate of drug-likeness (QED) is 0.851. The normalized spacial score (nSPS) is 16.1. The van der Waals surface area contributed by atoms with Crippen molar-refractivity contribution in [1.29, 1.82) is 0 Å². The van der Waals surface area contributed by atoms with Gasteiger partial charge in [-0.1, -0.05) is 18.2 Å². The summed E-state index contributed by atoms with van der Waals surface area (Å²) >= 11 is 0. The molecule has 4 heteroatoms. The largest absolute Gasteiger partial charge is 0.478 e. The molecule has 0 saturated carbocycles. The zero-order valence-electron chi connectivity index (χ0n) is 11.5. The molecule has 2 heterocycles. The topological polar surface area (TPSA) is 28.6 Å². The first-order chi connectivity index (χ1) is 9.92. The van der Waals surface area contributed by atoms with Crippen molar-refractivity contribution in [2.45, 2.75) is 0 Å². The Bertz CT molecular complexity index is 510. The van der Waals surface area contributed by atoms with E-state index >= 15 is 0 Å². The molecule has 1 aliphatic rings. The molecule has 3 rings (SSSR count). The Balaban J connectivity index is 1.47. The molecule has 4 nitrogen and oxygen atoms in total.